The average molecular weight is 403 g/mol. The van der Waals surface area contributed by atoms with Gasteiger partial charge in [-0.3, -0.25) is 9.10 Å². The molecule has 3 rings (SSSR count). The fourth-order valence-corrected chi connectivity index (χ4v) is 4.00. The van der Waals surface area contributed by atoms with Crippen LogP contribution in [-0.4, -0.2) is 65.3 Å². The second-order valence-electron chi connectivity index (χ2n) is 6.99. The number of para-hydroxylation sites is 1. The molecule has 28 heavy (non-hydrogen) atoms. The minimum atomic E-state index is -3.57. The molecule has 7 nitrogen and oxygen atoms in total. The lowest BCUT2D eigenvalue weighted by Crippen LogP contribution is -2.44. The first-order valence-corrected chi connectivity index (χ1v) is 11.0. The summed E-state index contributed by atoms with van der Waals surface area (Å²) >= 11 is 0. The highest BCUT2D eigenvalue weighted by atomic mass is 32.2. The lowest BCUT2D eigenvalue weighted by atomic mass is 10.2. The second kappa shape index (κ2) is 8.62. The van der Waals surface area contributed by atoms with Crippen LogP contribution in [0, 0.1) is 0 Å². The molecule has 8 heteroatoms. The zero-order valence-electron chi connectivity index (χ0n) is 16.2. The van der Waals surface area contributed by atoms with Crippen LogP contribution in [0.2, 0.25) is 0 Å². The van der Waals surface area contributed by atoms with Crippen molar-refractivity contribution < 1.29 is 13.2 Å². The molecule has 0 aliphatic carbocycles. The number of piperazine rings is 1. The predicted octanol–water partition coefficient (Wildman–Crippen LogP) is 1.84. The van der Waals surface area contributed by atoms with E-state index in [1.165, 1.54) is 0 Å². The Morgan fingerprint density at radius 3 is 2.18 bits per heavy atom. The summed E-state index contributed by atoms with van der Waals surface area (Å²) < 4.78 is 25.3. The Kier molecular flexibility index (Phi) is 6.21. The van der Waals surface area contributed by atoms with E-state index in [9.17, 15) is 13.2 Å². The number of amides is 1. The smallest absolute Gasteiger partial charge is 0.245 e. The molecule has 1 aliphatic rings. The van der Waals surface area contributed by atoms with Crippen molar-refractivity contribution in [2.24, 2.45) is 0 Å². The summed E-state index contributed by atoms with van der Waals surface area (Å²) in [6.45, 7) is 3.73. The normalized spacial score (nSPS) is 15.3. The van der Waals surface area contributed by atoms with Gasteiger partial charge in [-0.1, -0.05) is 18.2 Å². The largest absolute Gasteiger partial charge is 0.369 e. The summed E-state index contributed by atoms with van der Waals surface area (Å²) in [4.78, 5) is 17.0. The summed E-state index contributed by atoms with van der Waals surface area (Å²) in [5.41, 5.74) is 2.23. The molecule has 1 saturated heterocycles. The summed E-state index contributed by atoms with van der Waals surface area (Å²) in [6.07, 6.45) is 1.10. The van der Waals surface area contributed by atoms with Crippen LogP contribution in [0.15, 0.2) is 54.6 Å². The molecule has 1 fully saturated rings. The van der Waals surface area contributed by atoms with E-state index in [2.05, 4.69) is 22.2 Å². The lowest BCUT2D eigenvalue weighted by Gasteiger charge is -2.34. The third-order valence-electron chi connectivity index (χ3n) is 4.75. The molecule has 0 radical (unpaired) electrons. The number of carbonyl (C=O) groups is 1. The van der Waals surface area contributed by atoms with Crippen molar-refractivity contribution in [3.63, 3.8) is 0 Å². The fraction of sp³-hybridized carbons (Fsp3) is 0.350. The number of sulfonamides is 1. The predicted molar refractivity (Wildman–Crippen MR) is 113 cm³/mol. The molecule has 0 spiro atoms. The molecule has 0 atom stereocenters. The minimum Gasteiger partial charge on any atom is -0.369 e. The Morgan fingerprint density at radius 1 is 1.00 bits per heavy atom. The van der Waals surface area contributed by atoms with E-state index < -0.39 is 10.0 Å². The Morgan fingerprint density at radius 2 is 1.61 bits per heavy atom. The number of hydrogen-bond donors (Lipinski definition) is 1. The summed E-state index contributed by atoms with van der Waals surface area (Å²) in [5, 5.41) is 2.78. The van der Waals surface area contributed by atoms with Gasteiger partial charge in [-0.05, 0) is 43.4 Å². The van der Waals surface area contributed by atoms with Crippen molar-refractivity contribution >= 4 is 33.0 Å². The van der Waals surface area contributed by atoms with Crippen LogP contribution in [0.3, 0.4) is 0 Å². The highest BCUT2D eigenvalue weighted by Gasteiger charge is 2.21. The van der Waals surface area contributed by atoms with Gasteiger partial charge < -0.3 is 15.1 Å². The van der Waals surface area contributed by atoms with Crippen LogP contribution >= 0.6 is 0 Å². The van der Waals surface area contributed by atoms with Crippen LogP contribution in [0.5, 0.6) is 0 Å². The SMILES string of the molecule is CN1CCN(c2ccc(NC(=O)CN(c3ccccc3)S(C)(=O)=O)cc2)CC1. The van der Waals surface area contributed by atoms with E-state index in [4.69, 9.17) is 0 Å². The number of anilines is 3. The zero-order chi connectivity index (χ0) is 20.1. The lowest BCUT2D eigenvalue weighted by molar-refractivity contribution is -0.114. The van der Waals surface area contributed by atoms with Gasteiger partial charge in [0.05, 0.1) is 11.9 Å². The first kappa shape index (κ1) is 20.2. The van der Waals surface area contributed by atoms with Gasteiger partial charge in [-0.2, -0.15) is 0 Å². The van der Waals surface area contributed by atoms with Crippen molar-refractivity contribution in [1.29, 1.82) is 0 Å². The highest BCUT2D eigenvalue weighted by Crippen LogP contribution is 2.20. The van der Waals surface area contributed by atoms with Gasteiger partial charge in [0.2, 0.25) is 15.9 Å². The molecule has 1 N–H and O–H groups in total. The number of nitrogens with zero attached hydrogens (tertiary/aromatic N) is 3. The van der Waals surface area contributed by atoms with Crippen molar-refractivity contribution in [2.75, 3.05) is 60.5 Å². The van der Waals surface area contributed by atoms with Crippen LogP contribution in [-0.2, 0) is 14.8 Å². The van der Waals surface area contributed by atoms with E-state index in [-0.39, 0.29) is 12.5 Å². The second-order valence-corrected chi connectivity index (χ2v) is 8.90. The third kappa shape index (κ3) is 5.24. The van der Waals surface area contributed by atoms with Crippen LogP contribution in [0.4, 0.5) is 17.1 Å². The van der Waals surface area contributed by atoms with Gasteiger partial charge in [-0.15, -0.1) is 0 Å². The van der Waals surface area contributed by atoms with E-state index in [0.29, 0.717) is 11.4 Å². The minimum absolute atomic E-state index is 0.275. The van der Waals surface area contributed by atoms with Gasteiger partial charge >= 0.3 is 0 Å². The Bertz CT molecular complexity index is 893. The maximum Gasteiger partial charge on any atom is 0.245 e. The van der Waals surface area contributed by atoms with Gasteiger partial charge in [0.15, 0.2) is 0 Å². The molecule has 0 saturated carbocycles. The molecule has 0 unspecified atom stereocenters. The fourth-order valence-electron chi connectivity index (χ4n) is 3.15. The quantitative estimate of drug-likeness (QED) is 0.798. The Balaban J connectivity index is 1.64. The van der Waals surface area contributed by atoms with E-state index in [0.717, 1.165) is 42.4 Å². The van der Waals surface area contributed by atoms with Crippen LogP contribution in [0.25, 0.3) is 0 Å². The van der Waals surface area contributed by atoms with E-state index in [1.54, 1.807) is 30.3 Å². The van der Waals surface area contributed by atoms with Crippen molar-refractivity contribution in [3.05, 3.63) is 54.6 Å². The van der Waals surface area contributed by atoms with Crippen molar-refractivity contribution in [3.8, 4) is 0 Å². The topological polar surface area (TPSA) is 73.0 Å². The Hall–Kier alpha value is -2.58. The molecule has 150 valence electrons. The molecule has 1 amide bonds. The third-order valence-corrected chi connectivity index (χ3v) is 5.89. The molecular weight excluding hydrogens is 376 g/mol. The molecule has 2 aromatic carbocycles. The summed E-state index contributed by atoms with van der Waals surface area (Å²) in [5.74, 6) is -0.387. The Labute approximate surface area is 166 Å². The van der Waals surface area contributed by atoms with Gasteiger partial charge in [0.25, 0.3) is 0 Å². The zero-order valence-corrected chi connectivity index (χ0v) is 17.0. The van der Waals surface area contributed by atoms with Gasteiger partial charge in [0.1, 0.15) is 6.54 Å². The maximum atomic E-state index is 12.4. The first-order chi connectivity index (χ1) is 13.3. The standard InChI is InChI=1S/C20H26N4O3S/c1-22-12-14-23(15-13-22)18-10-8-17(9-11-18)21-20(25)16-24(28(2,26)27)19-6-4-3-5-7-19/h3-11H,12-16H2,1-2H3,(H,21,25). The highest BCUT2D eigenvalue weighted by molar-refractivity contribution is 7.92. The number of likely N-dealkylation sites (N-methyl/N-ethyl adjacent to an activating group) is 1. The first-order valence-electron chi connectivity index (χ1n) is 9.19. The molecule has 1 heterocycles. The number of benzene rings is 2. The molecular formula is C20H26N4O3S. The van der Waals surface area contributed by atoms with Gasteiger partial charge in [-0.25, -0.2) is 8.42 Å². The number of rotatable bonds is 6. The van der Waals surface area contributed by atoms with E-state index >= 15 is 0 Å². The summed E-state index contributed by atoms with van der Waals surface area (Å²) in [7, 11) is -1.45. The number of nitrogens with one attached hydrogen (secondary N) is 1. The average Bonchev–Trinajstić information content (AvgIpc) is 2.67. The van der Waals surface area contributed by atoms with Crippen molar-refractivity contribution in [1.82, 2.24) is 4.90 Å². The van der Waals surface area contributed by atoms with Crippen LogP contribution in [0.1, 0.15) is 0 Å². The summed E-state index contributed by atoms with van der Waals surface area (Å²) in [6, 6.07) is 16.3. The molecule has 2 aromatic rings. The molecule has 1 aliphatic heterocycles. The van der Waals surface area contributed by atoms with E-state index in [1.807, 2.05) is 24.3 Å². The molecule has 0 bridgehead atoms. The monoisotopic (exact) mass is 402 g/mol. The van der Waals surface area contributed by atoms with Gasteiger partial charge in [0, 0.05) is 37.6 Å². The molecule has 0 aromatic heterocycles. The maximum absolute atomic E-state index is 12.4. The number of carbonyl (C=O) groups excluding carboxylic acids is 1. The number of hydrogen-bond acceptors (Lipinski definition) is 5. The van der Waals surface area contributed by atoms with Crippen molar-refractivity contribution in [2.45, 2.75) is 0 Å². The van der Waals surface area contributed by atoms with Crippen LogP contribution < -0.4 is 14.5 Å².